The van der Waals surface area contributed by atoms with Gasteiger partial charge in [0.15, 0.2) is 6.29 Å². The van der Waals surface area contributed by atoms with Crippen LogP contribution in [0.25, 0.3) is 0 Å². The first kappa shape index (κ1) is 23.8. The lowest BCUT2D eigenvalue weighted by Crippen LogP contribution is -2.65. The van der Waals surface area contributed by atoms with Gasteiger partial charge in [-0.3, -0.25) is 0 Å². The molecule has 0 amide bonds. The topological polar surface area (TPSA) is 49.7 Å². The Morgan fingerprint density at radius 1 is 1.00 bits per heavy atom. The van der Waals surface area contributed by atoms with Gasteiger partial charge in [0, 0.05) is 16.7 Å². The van der Waals surface area contributed by atoms with Crippen molar-refractivity contribution in [3.8, 4) is 0 Å². The van der Waals surface area contributed by atoms with E-state index in [9.17, 15) is 10.2 Å². The summed E-state index contributed by atoms with van der Waals surface area (Å²) in [5, 5.41) is 22.5. The Morgan fingerprint density at radius 3 is 2.42 bits per heavy atom. The van der Waals surface area contributed by atoms with Crippen LogP contribution in [0.1, 0.15) is 87.0 Å². The summed E-state index contributed by atoms with van der Waals surface area (Å²) in [7, 11) is 0. The Hall–Kier alpha value is -0.900. The molecule has 3 nitrogen and oxygen atoms in total. The lowest BCUT2D eigenvalue weighted by atomic mass is 9.38. The van der Waals surface area contributed by atoms with Gasteiger partial charge in [-0.1, -0.05) is 70.6 Å². The van der Waals surface area contributed by atoms with E-state index in [0.717, 1.165) is 25.7 Å². The molecule has 0 radical (unpaired) electrons. The number of ether oxygens (including phenoxy) is 1. The summed E-state index contributed by atoms with van der Waals surface area (Å²) < 4.78 is 6.59. The minimum absolute atomic E-state index is 0.145. The van der Waals surface area contributed by atoms with Crippen molar-refractivity contribution in [2.45, 2.75) is 105 Å². The monoisotopic (exact) mass is 454 g/mol. The third kappa shape index (κ3) is 2.74. The molecule has 2 bridgehead atoms. The number of aliphatic hydroxyl groups is 2. The van der Waals surface area contributed by atoms with Crippen molar-refractivity contribution in [1.82, 2.24) is 0 Å². The fourth-order valence-corrected chi connectivity index (χ4v) is 9.74. The molecule has 10 atom stereocenters. The Kier molecular flexibility index (Phi) is 5.27. The number of hydrogen-bond acceptors (Lipinski definition) is 3. The Labute approximate surface area is 201 Å². The second-order valence-corrected chi connectivity index (χ2v) is 13.5. The lowest BCUT2D eigenvalue weighted by Gasteiger charge is -2.65. The van der Waals surface area contributed by atoms with Crippen LogP contribution in [-0.2, 0) is 4.74 Å². The first-order chi connectivity index (χ1) is 15.4. The number of aliphatic hydroxyl groups excluding tert-OH is 2. The fraction of sp³-hybridized carbons (Fsp3) is 0.800. The minimum atomic E-state index is -0.748. The van der Waals surface area contributed by atoms with Crippen LogP contribution >= 0.6 is 0 Å². The van der Waals surface area contributed by atoms with Gasteiger partial charge in [-0.15, -0.1) is 0 Å². The van der Waals surface area contributed by atoms with Crippen LogP contribution in [-0.4, -0.2) is 28.2 Å². The third-order valence-corrected chi connectivity index (χ3v) is 12.0. The quantitative estimate of drug-likeness (QED) is 0.382. The first-order valence-corrected chi connectivity index (χ1v) is 13.4. The molecular formula is C30H46O3. The molecule has 1 unspecified atom stereocenters. The smallest absolute Gasteiger partial charge is 0.162 e. The zero-order chi connectivity index (χ0) is 24.0. The molecule has 0 aromatic heterocycles. The molecule has 4 fully saturated rings. The van der Waals surface area contributed by atoms with E-state index in [2.05, 4.69) is 78.8 Å². The summed E-state index contributed by atoms with van der Waals surface area (Å²) in [6.45, 7) is 16.1. The average Bonchev–Trinajstić information content (AvgIpc) is 3.09. The van der Waals surface area contributed by atoms with Crippen molar-refractivity contribution in [2.24, 2.45) is 45.3 Å². The highest BCUT2D eigenvalue weighted by Crippen LogP contribution is 2.78. The molecule has 3 saturated carbocycles. The van der Waals surface area contributed by atoms with Crippen LogP contribution in [0.3, 0.4) is 0 Å². The van der Waals surface area contributed by atoms with Gasteiger partial charge in [0.25, 0.3) is 0 Å². The molecule has 33 heavy (non-hydrogen) atoms. The van der Waals surface area contributed by atoms with Gasteiger partial charge >= 0.3 is 0 Å². The van der Waals surface area contributed by atoms with Crippen molar-refractivity contribution in [3.05, 3.63) is 36.0 Å². The summed E-state index contributed by atoms with van der Waals surface area (Å²) in [4.78, 5) is 0. The zero-order valence-corrected chi connectivity index (χ0v) is 21.9. The van der Waals surface area contributed by atoms with Crippen molar-refractivity contribution >= 4 is 0 Å². The molecule has 5 aliphatic rings. The van der Waals surface area contributed by atoms with Gasteiger partial charge in [-0.25, -0.2) is 0 Å². The molecule has 3 heteroatoms. The van der Waals surface area contributed by atoms with Gasteiger partial charge in [0.1, 0.15) is 5.60 Å². The second-order valence-electron chi connectivity index (χ2n) is 13.5. The molecule has 2 N–H and O–H groups in total. The standard InChI is InChI=1S/C30H46O3/c1-19(2)9-8-10-20(3)21-13-15-28(7)22-14-16-30-23(11-12-24(31)26(30,4)5)29(22,25(32)33-30)18-17-27(21,28)6/h8-10,14,16,20-25,31-32H,11-13,15,17-18H2,1-7H3/b10-8+/t20-,21-,22+,23+,24+,25?,27-,28+,29+,30-/m1/s1. The minimum Gasteiger partial charge on any atom is -0.392 e. The highest BCUT2D eigenvalue weighted by molar-refractivity contribution is 5.34. The molecule has 1 heterocycles. The van der Waals surface area contributed by atoms with Gasteiger partial charge in [-0.05, 0) is 81.0 Å². The van der Waals surface area contributed by atoms with E-state index in [1.165, 1.54) is 18.4 Å². The molecule has 0 aromatic carbocycles. The third-order valence-electron chi connectivity index (χ3n) is 12.0. The largest absolute Gasteiger partial charge is 0.392 e. The molecule has 5 rings (SSSR count). The number of hydrogen-bond donors (Lipinski definition) is 2. The van der Waals surface area contributed by atoms with Crippen molar-refractivity contribution in [3.63, 3.8) is 0 Å². The lowest BCUT2D eigenvalue weighted by molar-refractivity contribution is -0.213. The summed E-state index contributed by atoms with van der Waals surface area (Å²) >= 11 is 0. The molecule has 0 aromatic rings. The van der Waals surface area contributed by atoms with Gasteiger partial charge in [0.05, 0.1) is 6.10 Å². The molecule has 184 valence electrons. The molecule has 1 aliphatic heterocycles. The van der Waals surface area contributed by atoms with Crippen LogP contribution in [0.15, 0.2) is 36.0 Å². The maximum Gasteiger partial charge on any atom is 0.162 e. The average molecular weight is 455 g/mol. The molecule has 1 saturated heterocycles. The van der Waals surface area contributed by atoms with E-state index < -0.39 is 23.4 Å². The summed E-state index contributed by atoms with van der Waals surface area (Å²) in [6.07, 6.45) is 16.9. The number of fused-ring (bicyclic) bond motifs is 2. The van der Waals surface area contributed by atoms with Crippen molar-refractivity contribution in [2.75, 3.05) is 0 Å². The van der Waals surface area contributed by atoms with E-state index in [1.807, 2.05) is 0 Å². The van der Waals surface area contributed by atoms with Gasteiger partial charge < -0.3 is 14.9 Å². The highest BCUT2D eigenvalue weighted by Gasteiger charge is 2.78. The number of rotatable bonds is 3. The van der Waals surface area contributed by atoms with Crippen LogP contribution in [0.5, 0.6) is 0 Å². The van der Waals surface area contributed by atoms with Crippen LogP contribution in [0.2, 0.25) is 0 Å². The summed E-state index contributed by atoms with van der Waals surface area (Å²) in [5.74, 6) is 1.81. The van der Waals surface area contributed by atoms with Gasteiger partial charge in [0.2, 0.25) is 0 Å². The van der Waals surface area contributed by atoms with E-state index in [-0.39, 0.29) is 22.2 Å². The normalized spacial score (nSPS) is 52.8. The van der Waals surface area contributed by atoms with E-state index in [4.69, 9.17) is 4.74 Å². The summed E-state index contributed by atoms with van der Waals surface area (Å²) in [5.41, 5.74) is 0.554. The fourth-order valence-electron chi connectivity index (χ4n) is 9.74. The maximum absolute atomic E-state index is 11.6. The highest BCUT2D eigenvalue weighted by atomic mass is 16.6. The van der Waals surface area contributed by atoms with Crippen LogP contribution < -0.4 is 0 Å². The predicted molar refractivity (Wildman–Crippen MR) is 133 cm³/mol. The van der Waals surface area contributed by atoms with E-state index >= 15 is 0 Å². The SMILES string of the molecule is CC(C)=C/C=C/[C@@H](C)[C@H]1CC[C@@]2(C)[C@@H]3C=C[C@@]45OC(O)[C@]3(CC[C@]12C)[C@@H]4CC[C@H](O)C5(C)C. The molecular weight excluding hydrogens is 408 g/mol. The first-order valence-electron chi connectivity index (χ1n) is 13.4. The maximum atomic E-state index is 11.6. The second kappa shape index (κ2) is 7.31. The van der Waals surface area contributed by atoms with E-state index in [0.29, 0.717) is 17.8 Å². The van der Waals surface area contributed by atoms with Crippen molar-refractivity contribution < 1.29 is 14.9 Å². The van der Waals surface area contributed by atoms with E-state index in [1.54, 1.807) is 0 Å². The molecule has 4 aliphatic carbocycles. The predicted octanol–water partition coefficient (Wildman–Crippen LogP) is 6.42. The summed E-state index contributed by atoms with van der Waals surface area (Å²) in [6, 6.07) is 0. The Bertz CT molecular complexity index is 896. The Balaban J connectivity index is 1.54. The number of allylic oxidation sites excluding steroid dienone is 5. The molecule has 1 spiro atoms. The van der Waals surface area contributed by atoms with Crippen LogP contribution in [0, 0.1) is 45.3 Å². The van der Waals surface area contributed by atoms with Gasteiger partial charge in [-0.2, -0.15) is 0 Å². The van der Waals surface area contributed by atoms with Crippen LogP contribution in [0.4, 0.5) is 0 Å². The Morgan fingerprint density at radius 2 is 1.73 bits per heavy atom. The zero-order valence-electron chi connectivity index (χ0n) is 21.9. The van der Waals surface area contributed by atoms with Crippen molar-refractivity contribution in [1.29, 1.82) is 0 Å².